The number of anilines is 1. The van der Waals surface area contributed by atoms with Gasteiger partial charge in [0, 0.05) is 60.0 Å². The maximum Gasteiger partial charge on any atom is 0.307 e. The molecule has 0 bridgehead atoms. The van der Waals surface area contributed by atoms with Crippen molar-refractivity contribution in [3.8, 4) is 17.0 Å². The SMILES string of the molecule is Cc1ncc(-c2cnc(OCCNC(C)(C)C)c(F)c2)c(N2CCC(C)(C)CC2)c1CC(=O)O. The lowest BCUT2D eigenvalue weighted by Crippen LogP contribution is -2.38. The monoisotopic (exact) mass is 472 g/mol. The molecular formula is C26H37FN4O3. The molecule has 0 unspecified atom stereocenters. The summed E-state index contributed by atoms with van der Waals surface area (Å²) >= 11 is 0. The zero-order valence-corrected chi connectivity index (χ0v) is 21.2. The van der Waals surface area contributed by atoms with Crippen molar-refractivity contribution >= 4 is 11.7 Å². The molecule has 1 fully saturated rings. The summed E-state index contributed by atoms with van der Waals surface area (Å²) in [5, 5.41) is 12.8. The maximum absolute atomic E-state index is 14.9. The van der Waals surface area contributed by atoms with E-state index in [1.54, 1.807) is 12.4 Å². The van der Waals surface area contributed by atoms with Crippen LogP contribution < -0.4 is 15.0 Å². The van der Waals surface area contributed by atoms with Gasteiger partial charge in [-0.1, -0.05) is 13.8 Å². The number of hydrogen-bond acceptors (Lipinski definition) is 6. The first-order chi connectivity index (χ1) is 15.9. The van der Waals surface area contributed by atoms with Crippen LogP contribution in [-0.2, 0) is 11.2 Å². The third-order valence-electron chi connectivity index (χ3n) is 6.24. The molecule has 1 aliphatic rings. The molecule has 34 heavy (non-hydrogen) atoms. The summed E-state index contributed by atoms with van der Waals surface area (Å²) in [7, 11) is 0. The third-order valence-corrected chi connectivity index (χ3v) is 6.24. The van der Waals surface area contributed by atoms with Crippen molar-refractivity contribution < 1.29 is 19.0 Å². The summed E-state index contributed by atoms with van der Waals surface area (Å²) in [5.74, 6) is -1.52. The number of hydrogen-bond donors (Lipinski definition) is 2. The Morgan fingerprint density at radius 1 is 1.24 bits per heavy atom. The van der Waals surface area contributed by atoms with Crippen molar-refractivity contribution in [2.75, 3.05) is 31.1 Å². The second kappa shape index (κ2) is 10.3. The summed E-state index contributed by atoms with van der Waals surface area (Å²) in [6.45, 7) is 14.9. The summed E-state index contributed by atoms with van der Waals surface area (Å²) < 4.78 is 20.5. The predicted molar refractivity (Wildman–Crippen MR) is 132 cm³/mol. The largest absolute Gasteiger partial charge is 0.481 e. The summed E-state index contributed by atoms with van der Waals surface area (Å²) in [6.07, 6.45) is 5.11. The van der Waals surface area contributed by atoms with Crippen LogP contribution in [0.3, 0.4) is 0 Å². The second-order valence-corrected chi connectivity index (χ2v) is 10.8. The van der Waals surface area contributed by atoms with Crippen LogP contribution in [0.1, 0.15) is 58.7 Å². The summed E-state index contributed by atoms with van der Waals surface area (Å²) in [4.78, 5) is 22.5. The van der Waals surface area contributed by atoms with Gasteiger partial charge in [0.2, 0.25) is 5.88 Å². The average Bonchev–Trinajstić information content (AvgIpc) is 2.73. The van der Waals surface area contributed by atoms with Crippen LogP contribution in [0, 0.1) is 18.2 Å². The Balaban J connectivity index is 1.92. The minimum absolute atomic E-state index is 0.0495. The highest BCUT2D eigenvalue weighted by Crippen LogP contribution is 2.40. The van der Waals surface area contributed by atoms with E-state index >= 15 is 0 Å². The van der Waals surface area contributed by atoms with Gasteiger partial charge in [0.25, 0.3) is 0 Å². The summed E-state index contributed by atoms with van der Waals surface area (Å²) in [6, 6.07) is 1.40. The van der Waals surface area contributed by atoms with E-state index in [0.717, 1.165) is 31.6 Å². The lowest BCUT2D eigenvalue weighted by molar-refractivity contribution is -0.136. The van der Waals surface area contributed by atoms with Gasteiger partial charge in [-0.2, -0.15) is 0 Å². The minimum atomic E-state index is -0.919. The Kier molecular flexibility index (Phi) is 7.81. The van der Waals surface area contributed by atoms with Gasteiger partial charge in [-0.05, 0) is 52.0 Å². The smallest absolute Gasteiger partial charge is 0.307 e. The summed E-state index contributed by atoms with van der Waals surface area (Å²) in [5.41, 5.74) is 3.58. The van der Waals surface area contributed by atoms with Crippen LogP contribution in [0.4, 0.5) is 10.1 Å². The van der Waals surface area contributed by atoms with Crippen LogP contribution in [0.2, 0.25) is 0 Å². The van der Waals surface area contributed by atoms with Crippen LogP contribution in [-0.4, -0.2) is 52.8 Å². The molecule has 2 aromatic heterocycles. The molecule has 0 spiro atoms. The number of pyridine rings is 2. The fourth-order valence-corrected chi connectivity index (χ4v) is 4.16. The Labute approximate surface area is 201 Å². The van der Waals surface area contributed by atoms with Crippen LogP contribution in [0.25, 0.3) is 11.1 Å². The highest BCUT2D eigenvalue weighted by atomic mass is 19.1. The zero-order chi connectivity index (χ0) is 25.1. The molecule has 1 saturated heterocycles. The molecule has 1 aliphatic heterocycles. The first-order valence-corrected chi connectivity index (χ1v) is 11.9. The van der Waals surface area contributed by atoms with E-state index in [-0.39, 0.29) is 23.3 Å². The molecule has 3 rings (SSSR count). The lowest BCUT2D eigenvalue weighted by atomic mass is 9.82. The normalized spacial score (nSPS) is 15.9. The number of ether oxygens (including phenoxy) is 1. The van der Waals surface area contributed by atoms with Gasteiger partial charge >= 0.3 is 5.97 Å². The molecule has 0 aromatic carbocycles. The Bertz CT molecular complexity index is 1020. The van der Waals surface area contributed by atoms with Gasteiger partial charge in [0.15, 0.2) is 5.82 Å². The van der Waals surface area contributed by atoms with Crippen molar-refractivity contribution in [3.05, 3.63) is 35.5 Å². The molecular weight excluding hydrogens is 435 g/mol. The average molecular weight is 473 g/mol. The predicted octanol–water partition coefficient (Wildman–Crippen LogP) is 4.61. The van der Waals surface area contributed by atoms with Crippen LogP contribution in [0.5, 0.6) is 5.88 Å². The molecule has 0 saturated carbocycles. The van der Waals surface area contributed by atoms with Crippen LogP contribution in [0.15, 0.2) is 18.5 Å². The number of halogens is 1. The van der Waals surface area contributed by atoms with Gasteiger partial charge in [-0.3, -0.25) is 9.78 Å². The van der Waals surface area contributed by atoms with Gasteiger partial charge in [0.05, 0.1) is 12.1 Å². The first kappa shape index (κ1) is 25.9. The third kappa shape index (κ3) is 6.65. The van der Waals surface area contributed by atoms with Crippen LogP contribution >= 0.6 is 0 Å². The zero-order valence-electron chi connectivity index (χ0n) is 21.2. The van der Waals surface area contributed by atoms with Crippen molar-refractivity contribution in [1.29, 1.82) is 0 Å². The van der Waals surface area contributed by atoms with Crippen molar-refractivity contribution in [2.24, 2.45) is 5.41 Å². The van der Waals surface area contributed by atoms with Gasteiger partial charge in [-0.15, -0.1) is 0 Å². The molecule has 2 N–H and O–H groups in total. The second-order valence-electron chi connectivity index (χ2n) is 10.8. The Morgan fingerprint density at radius 2 is 1.91 bits per heavy atom. The molecule has 0 amide bonds. The number of carboxylic acid groups (broad SMARTS) is 1. The highest BCUT2D eigenvalue weighted by molar-refractivity contribution is 5.84. The number of carbonyl (C=O) groups is 1. The van der Waals surface area contributed by atoms with Gasteiger partial charge in [-0.25, -0.2) is 9.37 Å². The Morgan fingerprint density at radius 3 is 2.50 bits per heavy atom. The highest BCUT2D eigenvalue weighted by Gasteiger charge is 2.29. The number of aromatic nitrogens is 2. The number of nitrogens with one attached hydrogen (secondary N) is 1. The topological polar surface area (TPSA) is 87.6 Å². The number of aryl methyl sites for hydroxylation is 1. The maximum atomic E-state index is 14.9. The molecule has 7 nitrogen and oxygen atoms in total. The fraction of sp³-hybridized carbons (Fsp3) is 0.577. The molecule has 8 heteroatoms. The Hall–Kier alpha value is -2.74. The quantitative estimate of drug-likeness (QED) is 0.543. The van der Waals surface area contributed by atoms with E-state index in [1.165, 1.54) is 6.07 Å². The van der Waals surface area contributed by atoms with Crippen molar-refractivity contribution in [3.63, 3.8) is 0 Å². The van der Waals surface area contributed by atoms with E-state index in [4.69, 9.17) is 4.74 Å². The number of carboxylic acids is 1. The first-order valence-electron chi connectivity index (χ1n) is 11.9. The fourth-order valence-electron chi connectivity index (χ4n) is 4.16. The standard InChI is InChI=1S/C26H37FN4O3/c1-17-19(14-22(32)33)23(31-10-7-26(5,6)8-11-31)20(16-28-17)18-13-21(27)24(29-15-18)34-12-9-30-25(2,3)4/h13,15-16,30H,7-12,14H2,1-6H3,(H,32,33). The van der Waals surface area contributed by atoms with Crippen molar-refractivity contribution in [2.45, 2.75) is 66.3 Å². The van der Waals surface area contributed by atoms with E-state index in [2.05, 4.69) is 54.8 Å². The molecule has 186 valence electrons. The van der Waals surface area contributed by atoms with Gasteiger partial charge < -0.3 is 20.1 Å². The number of nitrogens with zero attached hydrogens (tertiary/aromatic N) is 3. The number of rotatable bonds is 8. The van der Waals surface area contributed by atoms with Gasteiger partial charge in [0.1, 0.15) is 6.61 Å². The number of aliphatic carboxylic acids is 1. The molecule has 3 heterocycles. The molecule has 0 atom stereocenters. The molecule has 2 aromatic rings. The number of piperidine rings is 1. The molecule has 0 radical (unpaired) electrons. The van der Waals surface area contributed by atoms with E-state index < -0.39 is 11.8 Å². The van der Waals surface area contributed by atoms with E-state index in [1.807, 2.05) is 6.92 Å². The van der Waals surface area contributed by atoms with E-state index in [0.29, 0.717) is 35.5 Å². The molecule has 0 aliphatic carbocycles. The van der Waals surface area contributed by atoms with Crippen molar-refractivity contribution in [1.82, 2.24) is 15.3 Å². The minimum Gasteiger partial charge on any atom is -0.481 e. The van der Waals surface area contributed by atoms with E-state index in [9.17, 15) is 14.3 Å². The lowest BCUT2D eigenvalue weighted by Gasteiger charge is -2.40.